The quantitative estimate of drug-likeness (QED) is 0.0195. The molecule has 0 radical (unpaired) electrons. The highest BCUT2D eigenvalue weighted by Crippen LogP contribution is 2.38. The number of likely N-dealkylation sites (N-methyl/N-ethyl adjacent to an activating group) is 1. The SMILES string of the molecule is CC/C=C\C/C=C\C/C=C\C/C=C\C/C=C\CCCCCCCCCCCCCCCCCCCC(=O)OC(COC(=O)CCCCCCC)COP(=O)([O-])OCC[N+](C)(C)C. The molecule has 0 aliphatic rings. The zero-order valence-electron chi connectivity index (χ0n) is 40.6. The zero-order valence-corrected chi connectivity index (χ0v) is 41.4. The Balaban J connectivity index is 3.89. The Morgan fingerprint density at radius 1 is 0.516 bits per heavy atom. The van der Waals surface area contributed by atoms with Gasteiger partial charge in [0, 0.05) is 12.8 Å². The van der Waals surface area contributed by atoms with Gasteiger partial charge in [0.05, 0.1) is 27.7 Å². The minimum Gasteiger partial charge on any atom is -0.756 e. The Bertz CT molecular complexity index is 1240. The Hall–Kier alpha value is -2.29. The van der Waals surface area contributed by atoms with Gasteiger partial charge in [-0.15, -0.1) is 0 Å². The van der Waals surface area contributed by atoms with Crippen molar-refractivity contribution in [2.75, 3.05) is 47.5 Å². The average molecular weight is 892 g/mol. The van der Waals surface area contributed by atoms with Crippen LogP contribution in [0.4, 0.5) is 0 Å². The van der Waals surface area contributed by atoms with Crippen molar-refractivity contribution in [3.63, 3.8) is 0 Å². The summed E-state index contributed by atoms with van der Waals surface area (Å²) in [7, 11) is 1.16. The van der Waals surface area contributed by atoms with Crippen molar-refractivity contribution in [1.29, 1.82) is 0 Å². The number of carbonyl (C=O) groups is 2. The normalized spacial score (nSPS) is 14.0. The van der Waals surface area contributed by atoms with Crippen molar-refractivity contribution in [1.82, 2.24) is 0 Å². The van der Waals surface area contributed by atoms with E-state index in [1.807, 2.05) is 21.1 Å². The Morgan fingerprint density at radius 2 is 0.919 bits per heavy atom. The molecular weight excluding hydrogens is 798 g/mol. The Labute approximate surface area is 381 Å². The van der Waals surface area contributed by atoms with Crippen LogP contribution in [-0.4, -0.2) is 70.0 Å². The fraction of sp³-hybridized carbons (Fsp3) is 0.769. The van der Waals surface area contributed by atoms with Gasteiger partial charge in [-0.25, -0.2) is 0 Å². The monoisotopic (exact) mass is 892 g/mol. The van der Waals surface area contributed by atoms with Crippen LogP contribution in [0, 0.1) is 0 Å². The molecule has 10 heteroatoms. The lowest BCUT2D eigenvalue weighted by Crippen LogP contribution is -2.37. The molecule has 360 valence electrons. The van der Waals surface area contributed by atoms with Gasteiger partial charge in [0.25, 0.3) is 7.82 Å². The molecule has 0 rings (SSSR count). The van der Waals surface area contributed by atoms with E-state index in [0.717, 1.165) is 83.5 Å². The molecule has 2 unspecified atom stereocenters. The molecule has 0 amide bonds. The second-order valence-corrected chi connectivity index (χ2v) is 19.2. The minimum absolute atomic E-state index is 0.0307. The number of nitrogens with zero attached hydrogens (tertiary/aromatic N) is 1. The van der Waals surface area contributed by atoms with Crippen molar-refractivity contribution < 1.29 is 42.1 Å². The third kappa shape index (κ3) is 47.2. The van der Waals surface area contributed by atoms with E-state index in [2.05, 4.69) is 74.6 Å². The van der Waals surface area contributed by atoms with E-state index in [0.29, 0.717) is 17.4 Å². The summed E-state index contributed by atoms with van der Waals surface area (Å²) in [6, 6.07) is 0. The first-order chi connectivity index (χ1) is 30.0. The van der Waals surface area contributed by atoms with E-state index < -0.39 is 32.5 Å². The van der Waals surface area contributed by atoms with Crippen molar-refractivity contribution >= 4 is 19.8 Å². The molecule has 0 heterocycles. The Kier molecular flexibility index (Phi) is 42.3. The summed E-state index contributed by atoms with van der Waals surface area (Å²) in [5.41, 5.74) is 0. The van der Waals surface area contributed by atoms with Gasteiger partial charge in [0.2, 0.25) is 0 Å². The molecule has 0 bridgehead atoms. The molecular formula is C52H94NO8P. The molecule has 0 aromatic heterocycles. The van der Waals surface area contributed by atoms with Crippen LogP contribution in [0.3, 0.4) is 0 Å². The standard InChI is InChI=1S/C52H94NO8P/c1-6-8-10-12-13-14-15-16-17-18-19-20-21-22-23-24-25-26-27-28-29-30-31-32-33-34-35-36-37-38-39-41-43-45-52(55)61-50(48-58-51(54)44-42-40-11-9-7-2)49-60-62(56,57)59-47-46-53(3,4)5/h8,10,13-14,16-17,19-20,22-23,50H,6-7,9,11-12,15,18,21,24-49H2,1-5H3/b10-8-,14-13-,17-16-,20-19-,23-22-. The first-order valence-corrected chi connectivity index (χ1v) is 26.5. The second-order valence-electron chi connectivity index (χ2n) is 17.8. The van der Waals surface area contributed by atoms with Crippen LogP contribution in [0.25, 0.3) is 0 Å². The maximum Gasteiger partial charge on any atom is 0.306 e. The van der Waals surface area contributed by atoms with Crippen LogP contribution < -0.4 is 4.89 Å². The van der Waals surface area contributed by atoms with Gasteiger partial charge in [-0.05, 0) is 57.8 Å². The number of hydrogen-bond acceptors (Lipinski definition) is 8. The van der Waals surface area contributed by atoms with Crippen LogP contribution in [-0.2, 0) is 32.7 Å². The average Bonchev–Trinajstić information content (AvgIpc) is 3.22. The third-order valence-corrected chi connectivity index (χ3v) is 11.5. The molecule has 0 aromatic rings. The number of esters is 2. The molecule has 0 saturated heterocycles. The molecule has 0 fully saturated rings. The van der Waals surface area contributed by atoms with E-state index in [9.17, 15) is 19.0 Å². The van der Waals surface area contributed by atoms with Crippen LogP contribution in [0.1, 0.15) is 206 Å². The summed E-state index contributed by atoms with van der Waals surface area (Å²) in [4.78, 5) is 37.2. The summed E-state index contributed by atoms with van der Waals surface area (Å²) in [5, 5.41) is 0. The lowest BCUT2D eigenvalue weighted by Gasteiger charge is -2.28. The molecule has 0 aliphatic heterocycles. The number of phosphoric ester groups is 1. The number of hydrogen-bond donors (Lipinski definition) is 0. The Morgan fingerprint density at radius 3 is 1.37 bits per heavy atom. The molecule has 0 N–H and O–H groups in total. The van der Waals surface area contributed by atoms with E-state index in [4.69, 9.17) is 18.5 Å². The number of quaternary nitrogens is 1. The summed E-state index contributed by atoms with van der Waals surface area (Å²) in [6.45, 7) is 4.02. The fourth-order valence-electron chi connectivity index (χ4n) is 6.68. The smallest absolute Gasteiger partial charge is 0.306 e. The number of ether oxygens (including phenoxy) is 2. The highest BCUT2D eigenvalue weighted by molar-refractivity contribution is 7.45. The van der Waals surface area contributed by atoms with Gasteiger partial charge in [-0.2, -0.15) is 0 Å². The molecule has 2 atom stereocenters. The number of carbonyl (C=O) groups excluding carboxylic acids is 2. The largest absolute Gasteiger partial charge is 0.756 e. The van der Waals surface area contributed by atoms with Gasteiger partial charge in [-0.3, -0.25) is 14.2 Å². The summed E-state index contributed by atoms with van der Waals surface area (Å²) < 4.78 is 33.7. The molecule has 9 nitrogen and oxygen atoms in total. The molecule has 0 aliphatic carbocycles. The predicted octanol–water partition coefficient (Wildman–Crippen LogP) is 14.2. The zero-order chi connectivity index (χ0) is 45.7. The number of unbranched alkanes of at least 4 members (excludes halogenated alkanes) is 21. The first kappa shape index (κ1) is 59.7. The lowest BCUT2D eigenvalue weighted by molar-refractivity contribution is -0.870. The molecule has 0 aromatic carbocycles. The molecule has 0 spiro atoms. The van der Waals surface area contributed by atoms with Gasteiger partial charge in [0.1, 0.15) is 19.8 Å². The number of allylic oxidation sites excluding steroid dienone is 10. The van der Waals surface area contributed by atoms with Crippen LogP contribution in [0.2, 0.25) is 0 Å². The predicted molar refractivity (Wildman–Crippen MR) is 259 cm³/mol. The fourth-order valence-corrected chi connectivity index (χ4v) is 7.41. The summed E-state index contributed by atoms with van der Waals surface area (Å²) in [6.07, 6.45) is 54.7. The summed E-state index contributed by atoms with van der Waals surface area (Å²) >= 11 is 0. The van der Waals surface area contributed by atoms with E-state index in [1.165, 1.54) is 89.9 Å². The van der Waals surface area contributed by atoms with Crippen molar-refractivity contribution in [2.45, 2.75) is 213 Å². The topological polar surface area (TPSA) is 111 Å². The van der Waals surface area contributed by atoms with E-state index in [1.54, 1.807) is 0 Å². The van der Waals surface area contributed by atoms with Crippen molar-refractivity contribution in [3.8, 4) is 0 Å². The van der Waals surface area contributed by atoms with E-state index in [-0.39, 0.29) is 26.1 Å². The van der Waals surface area contributed by atoms with Gasteiger partial charge in [-0.1, -0.05) is 197 Å². The van der Waals surface area contributed by atoms with E-state index >= 15 is 0 Å². The number of rotatable bonds is 45. The van der Waals surface area contributed by atoms with Crippen molar-refractivity contribution in [2.24, 2.45) is 0 Å². The van der Waals surface area contributed by atoms with Crippen LogP contribution in [0.15, 0.2) is 60.8 Å². The number of phosphoric acid groups is 1. The minimum atomic E-state index is -4.61. The first-order valence-electron chi connectivity index (χ1n) is 25.0. The maximum absolute atomic E-state index is 12.6. The van der Waals surface area contributed by atoms with Gasteiger partial charge < -0.3 is 27.9 Å². The summed E-state index contributed by atoms with van der Waals surface area (Å²) in [5.74, 6) is -0.845. The van der Waals surface area contributed by atoms with Crippen LogP contribution in [0.5, 0.6) is 0 Å². The van der Waals surface area contributed by atoms with Gasteiger partial charge >= 0.3 is 11.9 Å². The third-order valence-electron chi connectivity index (χ3n) is 10.6. The highest BCUT2D eigenvalue weighted by Gasteiger charge is 2.21. The van der Waals surface area contributed by atoms with Crippen LogP contribution >= 0.6 is 7.82 Å². The molecule has 62 heavy (non-hydrogen) atoms. The highest BCUT2D eigenvalue weighted by atomic mass is 31.2. The maximum atomic E-state index is 12.6. The van der Waals surface area contributed by atoms with Crippen molar-refractivity contribution in [3.05, 3.63) is 60.8 Å². The van der Waals surface area contributed by atoms with Gasteiger partial charge in [0.15, 0.2) is 6.10 Å². The molecule has 0 saturated carbocycles. The lowest BCUT2D eigenvalue weighted by atomic mass is 10.0. The second kappa shape index (κ2) is 43.9.